The van der Waals surface area contributed by atoms with E-state index >= 15 is 0 Å². The Balaban J connectivity index is 1.45. The van der Waals surface area contributed by atoms with Crippen LogP contribution in [0.25, 0.3) is 10.8 Å². The van der Waals surface area contributed by atoms with Crippen molar-refractivity contribution in [3.63, 3.8) is 0 Å². The van der Waals surface area contributed by atoms with Crippen LogP contribution in [0, 0.1) is 0 Å². The second-order valence-electron chi connectivity index (χ2n) is 7.19. The minimum Gasteiger partial charge on any atom is -0.379 e. The summed E-state index contributed by atoms with van der Waals surface area (Å²) in [6, 6.07) is 24.9. The molecule has 4 heteroatoms. The van der Waals surface area contributed by atoms with Crippen molar-refractivity contribution in [2.45, 2.75) is 12.5 Å². The summed E-state index contributed by atoms with van der Waals surface area (Å²) in [6.45, 7) is 3.87. The molecule has 3 aromatic carbocycles. The minimum atomic E-state index is 0.0607. The van der Waals surface area contributed by atoms with E-state index in [-0.39, 0.29) is 11.9 Å². The van der Waals surface area contributed by atoms with E-state index in [1.807, 2.05) is 30.3 Å². The Hall–Kier alpha value is -2.69. The molecule has 4 nitrogen and oxygen atoms in total. The third kappa shape index (κ3) is 4.41. The van der Waals surface area contributed by atoms with E-state index in [0.29, 0.717) is 13.0 Å². The summed E-state index contributed by atoms with van der Waals surface area (Å²) in [5, 5.41) is 5.49. The summed E-state index contributed by atoms with van der Waals surface area (Å²) in [5.41, 5.74) is 2.30. The van der Waals surface area contributed by atoms with Crippen LogP contribution in [0.5, 0.6) is 0 Å². The molecule has 1 unspecified atom stereocenters. The molecule has 1 heterocycles. The van der Waals surface area contributed by atoms with Gasteiger partial charge in [-0.15, -0.1) is 0 Å². The van der Waals surface area contributed by atoms with Crippen molar-refractivity contribution < 1.29 is 9.53 Å². The Morgan fingerprint density at radius 2 is 1.64 bits per heavy atom. The van der Waals surface area contributed by atoms with Gasteiger partial charge in [0.05, 0.1) is 25.7 Å². The fourth-order valence-corrected chi connectivity index (χ4v) is 3.91. The molecule has 1 saturated heterocycles. The van der Waals surface area contributed by atoms with Gasteiger partial charge in [-0.05, 0) is 21.9 Å². The van der Waals surface area contributed by atoms with Crippen LogP contribution in [0.3, 0.4) is 0 Å². The van der Waals surface area contributed by atoms with Crippen LogP contribution in [0.15, 0.2) is 72.8 Å². The van der Waals surface area contributed by atoms with Crippen LogP contribution in [0.1, 0.15) is 17.2 Å². The number of nitrogens with zero attached hydrogens (tertiary/aromatic N) is 1. The quantitative estimate of drug-likeness (QED) is 0.717. The standard InChI is InChI=1S/C24H26N2O2/c27-24(17-21-11-6-10-19-7-4-5-12-22(19)21)25-18-23(20-8-2-1-3-9-20)26-13-15-28-16-14-26/h1-12,23H,13-18H2,(H,25,27). The van der Waals surface area contributed by atoms with Gasteiger partial charge in [-0.3, -0.25) is 9.69 Å². The summed E-state index contributed by atoms with van der Waals surface area (Å²) in [5.74, 6) is 0.0607. The number of morpholine rings is 1. The zero-order valence-electron chi connectivity index (χ0n) is 16.0. The molecule has 0 aromatic heterocycles. The van der Waals surface area contributed by atoms with Gasteiger partial charge in [-0.2, -0.15) is 0 Å². The largest absolute Gasteiger partial charge is 0.379 e. The summed E-state index contributed by atoms with van der Waals surface area (Å²) < 4.78 is 5.50. The molecule has 1 amide bonds. The molecule has 144 valence electrons. The van der Waals surface area contributed by atoms with E-state index in [2.05, 4.69) is 52.7 Å². The summed E-state index contributed by atoms with van der Waals surface area (Å²) >= 11 is 0. The average molecular weight is 374 g/mol. The first kappa shape index (κ1) is 18.7. The van der Waals surface area contributed by atoms with Crippen molar-refractivity contribution in [1.29, 1.82) is 0 Å². The second kappa shape index (κ2) is 9.00. The smallest absolute Gasteiger partial charge is 0.224 e. The van der Waals surface area contributed by atoms with Gasteiger partial charge in [0.2, 0.25) is 5.91 Å². The van der Waals surface area contributed by atoms with Gasteiger partial charge in [-0.1, -0.05) is 72.8 Å². The van der Waals surface area contributed by atoms with Gasteiger partial charge >= 0.3 is 0 Å². The number of hydrogen-bond donors (Lipinski definition) is 1. The first-order valence-corrected chi connectivity index (χ1v) is 9.91. The highest BCUT2D eigenvalue weighted by Gasteiger charge is 2.23. The second-order valence-corrected chi connectivity index (χ2v) is 7.19. The first-order valence-electron chi connectivity index (χ1n) is 9.91. The number of fused-ring (bicyclic) bond motifs is 1. The molecule has 0 spiro atoms. The van der Waals surface area contributed by atoms with E-state index in [9.17, 15) is 4.79 Å². The Morgan fingerprint density at radius 3 is 2.46 bits per heavy atom. The Morgan fingerprint density at radius 1 is 0.929 bits per heavy atom. The van der Waals surface area contributed by atoms with Gasteiger partial charge in [-0.25, -0.2) is 0 Å². The molecule has 1 aliphatic heterocycles. The van der Waals surface area contributed by atoms with E-state index in [0.717, 1.165) is 37.3 Å². The summed E-state index contributed by atoms with van der Waals surface area (Å²) in [4.78, 5) is 15.1. The highest BCUT2D eigenvalue weighted by Crippen LogP contribution is 2.22. The van der Waals surface area contributed by atoms with Crippen LogP contribution in [-0.2, 0) is 16.0 Å². The van der Waals surface area contributed by atoms with Crippen LogP contribution in [0.2, 0.25) is 0 Å². The number of carbonyl (C=O) groups is 1. The van der Waals surface area contributed by atoms with Gasteiger partial charge in [0.15, 0.2) is 0 Å². The number of ether oxygens (including phenoxy) is 1. The lowest BCUT2D eigenvalue weighted by atomic mass is 10.0. The highest BCUT2D eigenvalue weighted by molar-refractivity contribution is 5.90. The lowest BCUT2D eigenvalue weighted by Gasteiger charge is -2.35. The Labute approximate surface area is 166 Å². The third-order valence-corrected chi connectivity index (χ3v) is 5.39. The zero-order valence-corrected chi connectivity index (χ0v) is 16.0. The molecule has 1 aliphatic rings. The highest BCUT2D eigenvalue weighted by atomic mass is 16.5. The van der Waals surface area contributed by atoms with E-state index < -0.39 is 0 Å². The number of benzene rings is 3. The molecule has 3 aromatic rings. The van der Waals surface area contributed by atoms with Crippen LogP contribution >= 0.6 is 0 Å². The molecule has 0 bridgehead atoms. The van der Waals surface area contributed by atoms with Crippen LogP contribution in [0.4, 0.5) is 0 Å². The van der Waals surface area contributed by atoms with Crippen molar-refractivity contribution in [2.24, 2.45) is 0 Å². The fraction of sp³-hybridized carbons (Fsp3) is 0.292. The van der Waals surface area contributed by atoms with Crippen molar-refractivity contribution in [1.82, 2.24) is 10.2 Å². The maximum absolute atomic E-state index is 12.7. The molecule has 0 aliphatic carbocycles. The molecular weight excluding hydrogens is 348 g/mol. The molecule has 0 radical (unpaired) electrons. The SMILES string of the molecule is O=C(Cc1cccc2ccccc12)NCC(c1ccccc1)N1CCOCC1. The third-order valence-electron chi connectivity index (χ3n) is 5.39. The normalized spacial score (nSPS) is 16.0. The van der Waals surface area contributed by atoms with Gasteiger partial charge in [0, 0.05) is 19.6 Å². The number of rotatable bonds is 6. The van der Waals surface area contributed by atoms with E-state index in [1.165, 1.54) is 10.9 Å². The lowest BCUT2D eigenvalue weighted by molar-refractivity contribution is -0.120. The van der Waals surface area contributed by atoms with Crippen molar-refractivity contribution in [3.05, 3.63) is 83.9 Å². The Bertz CT molecular complexity index is 915. The average Bonchev–Trinajstić information content (AvgIpc) is 2.76. The monoisotopic (exact) mass is 374 g/mol. The molecule has 4 rings (SSSR count). The number of amides is 1. The molecule has 1 N–H and O–H groups in total. The first-order chi connectivity index (χ1) is 13.8. The number of carbonyl (C=O) groups excluding carboxylic acids is 1. The predicted molar refractivity (Wildman–Crippen MR) is 112 cm³/mol. The topological polar surface area (TPSA) is 41.6 Å². The summed E-state index contributed by atoms with van der Waals surface area (Å²) in [6.07, 6.45) is 0.395. The lowest BCUT2D eigenvalue weighted by Crippen LogP contribution is -2.44. The maximum Gasteiger partial charge on any atom is 0.224 e. The molecule has 1 atom stereocenters. The Kier molecular flexibility index (Phi) is 6.00. The van der Waals surface area contributed by atoms with Gasteiger partial charge in [0.1, 0.15) is 0 Å². The van der Waals surface area contributed by atoms with Crippen molar-refractivity contribution >= 4 is 16.7 Å². The number of nitrogens with one attached hydrogen (secondary N) is 1. The van der Waals surface area contributed by atoms with Gasteiger partial charge in [0.25, 0.3) is 0 Å². The van der Waals surface area contributed by atoms with Gasteiger partial charge < -0.3 is 10.1 Å². The van der Waals surface area contributed by atoms with E-state index in [1.54, 1.807) is 0 Å². The molecule has 0 saturated carbocycles. The van der Waals surface area contributed by atoms with Crippen LogP contribution < -0.4 is 5.32 Å². The molecule has 1 fully saturated rings. The maximum atomic E-state index is 12.7. The fourth-order valence-electron chi connectivity index (χ4n) is 3.91. The molecule has 28 heavy (non-hydrogen) atoms. The summed E-state index contributed by atoms with van der Waals surface area (Å²) in [7, 11) is 0. The van der Waals surface area contributed by atoms with Crippen molar-refractivity contribution in [2.75, 3.05) is 32.8 Å². The minimum absolute atomic E-state index is 0.0607. The predicted octanol–water partition coefficient (Wildman–Crippen LogP) is 3.57. The number of hydrogen-bond acceptors (Lipinski definition) is 3. The van der Waals surface area contributed by atoms with Crippen LogP contribution in [-0.4, -0.2) is 43.7 Å². The molecular formula is C24H26N2O2. The zero-order chi connectivity index (χ0) is 19.2. The van der Waals surface area contributed by atoms with Crippen molar-refractivity contribution in [3.8, 4) is 0 Å². The van der Waals surface area contributed by atoms with E-state index in [4.69, 9.17) is 4.74 Å².